The molecule has 0 spiro atoms. The predicted molar refractivity (Wildman–Crippen MR) is 87.1 cm³/mol. The third-order valence-electron chi connectivity index (χ3n) is 5.46. The van der Waals surface area contributed by atoms with E-state index in [1.807, 2.05) is 12.3 Å². The summed E-state index contributed by atoms with van der Waals surface area (Å²) >= 11 is 0. The van der Waals surface area contributed by atoms with E-state index in [4.69, 9.17) is 0 Å². The van der Waals surface area contributed by atoms with Gasteiger partial charge >= 0.3 is 0 Å². The maximum atomic E-state index is 4.53. The van der Waals surface area contributed by atoms with Crippen LogP contribution in [-0.2, 0) is 6.54 Å². The van der Waals surface area contributed by atoms with Crippen LogP contribution in [0.3, 0.4) is 0 Å². The molecule has 1 aromatic heterocycles. The van der Waals surface area contributed by atoms with Crippen LogP contribution in [0.4, 0.5) is 0 Å². The summed E-state index contributed by atoms with van der Waals surface area (Å²) in [5.41, 5.74) is 2.51. The lowest BCUT2D eigenvalue weighted by Crippen LogP contribution is -2.58. The van der Waals surface area contributed by atoms with E-state index in [0.717, 1.165) is 18.4 Å². The van der Waals surface area contributed by atoms with Crippen molar-refractivity contribution in [2.45, 2.75) is 58.7 Å². The molecule has 116 valence electrons. The number of likely N-dealkylation sites (tertiary alicyclic amines) is 1. The van der Waals surface area contributed by atoms with E-state index in [-0.39, 0.29) is 0 Å². The fourth-order valence-corrected chi connectivity index (χ4v) is 4.15. The smallest absolute Gasteiger partial charge is 0.0570 e. The van der Waals surface area contributed by atoms with Crippen LogP contribution >= 0.6 is 0 Å². The molecular formula is C18H29N3. The third-order valence-corrected chi connectivity index (χ3v) is 5.46. The first kappa shape index (κ1) is 15.0. The van der Waals surface area contributed by atoms with Gasteiger partial charge < -0.3 is 10.2 Å². The minimum absolute atomic E-state index is 0.687. The highest BCUT2D eigenvalue weighted by molar-refractivity contribution is 5.17. The fraction of sp³-hybridized carbons (Fsp3) is 0.722. The number of pyridine rings is 1. The van der Waals surface area contributed by atoms with Crippen molar-refractivity contribution in [1.82, 2.24) is 15.2 Å². The Labute approximate surface area is 129 Å². The van der Waals surface area contributed by atoms with Gasteiger partial charge in [-0.15, -0.1) is 0 Å². The molecule has 1 N–H and O–H groups in total. The SMILES string of the molecule is Cc1cccnc1CNC1C2CCCC1CN(C(C)C)C2. The van der Waals surface area contributed by atoms with Crippen LogP contribution < -0.4 is 5.32 Å². The van der Waals surface area contributed by atoms with Crippen LogP contribution in [0, 0.1) is 18.8 Å². The number of rotatable bonds is 4. The average Bonchev–Trinajstić information content (AvgIpc) is 2.45. The molecule has 3 nitrogen and oxygen atoms in total. The zero-order valence-corrected chi connectivity index (χ0v) is 13.7. The third kappa shape index (κ3) is 3.29. The van der Waals surface area contributed by atoms with Crippen LogP contribution in [0.2, 0.25) is 0 Å². The predicted octanol–water partition coefficient (Wildman–Crippen LogP) is 2.99. The lowest BCUT2D eigenvalue weighted by atomic mass is 9.73. The van der Waals surface area contributed by atoms with Gasteiger partial charge in [0.05, 0.1) is 5.69 Å². The minimum atomic E-state index is 0.687. The van der Waals surface area contributed by atoms with Crippen molar-refractivity contribution in [3.63, 3.8) is 0 Å². The van der Waals surface area contributed by atoms with Crippen LogP contribution in [0.25, 0.3) is 0 Å². The minimum Gasteiger partial charge on any atom is -0.308 e. The molecule has 0 radical (unpaired) electrons. The van der Waals surface area contributed by atoms with Gasteiger partial charge in [0.2, 0.25) is 0 Å². The molecule has 3 rings (SSSR count). The molecule has 2 fully saturated rings. The van der Waals surface area contributed by atoms with Gasteiger partial charge in [-0.05, 0) is 57.1 Å². The molecule has 1 aliphatic carbocycles. The van der Waals surface area contributed by atoms with E-state index in [2.05, 4.69) is 42.0 Å². The molecule has 1 saturated carbocycles. The highest BCUT2D eigenvalue weighted by Gasteiger charge is 2.39. The summed E-state index contributed by atoms with van der Waals surface area (Å²) in [4.78, 5) is 7.21. The van der Waals surface area contributed by atoms with E-state index in [9.17, 15) is 0 Å². The molecular weight excluding hydrogens is 258 g/mol. The Balaban J connectivity index is 1.64. The topological polar surface area (TPSA) is 28.2 Å². The number of hydrogen-bond donors (Lipinski definition) is 1. The second-order valence-electron chi connectivity index (χ2n) is 7.17. The first-order chi connectivity index (χ1) is 10.1. The molecule has 2 bridgehead atoms. The number of fused-ring (bicyclic) bond motifs is 2. The van der Waals surface area contributed by atoms with Crippen LogP contribution in [-0.4, -0.2) is 35.1 Å². The summed E-state index contributed by atoms with van der Waals surface area (Å²) in [5, 5.41) is 3.85. The van der Waals surface area contributed by atoms with Gasteiger partial charge in [0.25, 0.3) is 0 Å². The van der Waals surface area contributed by atoms with Crippen molar-refractivity contribution in [2.75, 3.05) is 13.1 Å². The van der Waals surface area contributed by atoms with Crippen molar-refractivity contribution in [1.29, 1.82) is 0 Å². The van der Waals surface area contributed by atoms with Crippen LogP contribution in [0.15, 0.2) is 18.3 Å². The van der Waals surface area contributed by atoms with Gasteiger partial charge in [-0.1, -0.05) is 12.5 Å². The van der Waals surface area contributed by atoms with E-state index >= 15 is 0 Å². The Kier molecular flexibility index (Phi) is 4.60. The first-order valence-electron chi connectivity index (χ1n) is 8.53. The van der Waals surface area contributed by atoms with Gasteiger partial charge in [0.15, 0.2) is 0 Å². The summed E-state index contributed by atoms with van der Waals surface area (Å²) in [6.07, 6.45) is 6.10. The number of nitrogens with one attached hydrogen (secondary N) is 1. The van der Waals surface area contributed by atoms with Crippen LogP contribution in [0.5, 0.6) is 0 Å². The Morgan fingerprint density at radius 1 is 1.29 bits per heavy atom. The van der Waals surface area contributed by atoms with E-state index in [1.54, 1.807) is 0 Å². The molecule has 2 aliphatic rings. The standard InChI is InChI=1S/C18H29N3/c1-13(2)21-11-15-7-4-8-16(12-21)18(15)20-10-17-14(3)6-5-9-19-17/h5-6,9,13,15-16,18,20H,4,7-8,10-12H2,1-3H3. The van der Waals surface area contributed by atoms with Gasteiger partial charge in [-0.2, -0.15) is 0 Å². The van der Waals surface area contributed by atoms with Gasteiger partial charge in [-0.25, -0.2) is 0 Å². The molecule has 0 aromatic carbocycles. The highest BCUT2D eigenvalue weighted by Crippen LogP contribution is 2.35. The van der Waals surface area contributed by atoms with E-state index in [0.29, 0.717) is 12.1 Å². The Bertz CT molecular complexity index is 457. The lowest BCUT2D eigenvalue weighted by molar-refractivity contribution is 0.0288. The number of hydrogen-bond acceptors (Lipinski definition) is 3. The Hall–Kier alpha value is -0.930. The number of aryl methyl sites for hydroxylation is 1. The molecule has 2 heterocycles. The second-order valence-corrected chi connectivity index (χ2v) is 7.17. The summed E-state index contributed by atoms with van der Waals surface area (Å²) in [6.45, 7) is 10.3. The van der Waals surface area contributed by atoms with Gasteiger partial charge in [0.1, 0.15) is 0 Å². The van der Waals surface area contributed by atoms with E-state index < -0.39 is 0 Å². The quantitative estimate of drug-likeness (QED) is 0.923. The lowest BCUT2D eigenvalue weighted by Gasteiger charge is -2.49. The first-order valence-corrected chi connectivity index (χ1v) is 8.53. The molecule has 21 heavy (non-hydrogen) atoms. The molecule has 1 aliphatic heterocycles. The van der Waals surface area contributed by atoms with Crippen molar-refractivity contribution >= 4 is 0 Å². The van der Waals surface area contributed by atoms with Crippen molar-refractivity contribution in [2.24, 2.45) is 11.8 Å². The van der Waals surface area contributed by atoms with Gasteiger partial charge in [0, 0.05) is 37.9 Å². The van der Waals surface area contributed by atoms with Crippen molar-refractivity contribution in [3.05, 3.63) is 29.6 Å². The number of aromatic nitrogens is 1. The van der Waals surface area contributed by atoms with Crippen molar-refractivity contribution < 1.29 is 0 Å². The second kappa shape index (κ2) is 6.45. The van der Waals surface area contributed by atoms with Gasteiger partial charge in [-0.3, -0.25) is 4.98 Å². The summed E-state index contributed by atoms with van der Waals surface area (Å²) in [5.74, 6) is 1.65. The zero-order valence-electron chi connectivity index (χ0n) is 13.7. The fourth-order valence-electron chi connectivity index (χ4n) is 4.15. The molecule has 2 atom stereocenters. The molecule has 1 aromatic rings. The van der Waals surface area contributed by atoms with Crippen molar-refractivity contribution in [3.8, 4) is 0 Å². The maximum Gasteiger partial charge on any atom is 0.0570 e. The Morgan fingerprint density at radius 3 is 2.62 bits per heavy atom. The zero-order chi connectivity index (χ0) is 14.8. The monoisotopic (exact) mass is 287 g/mol. The highest BCUT2D eigenvalue weighted by atomic mass is 15.2. The summed E-state index contributed by atoms with van der Waals surface area (Å²) in [6, 6.07) is 5.56. The Morgan fingerprint density at radius 2 is 2.00 bits per heavy atom. The summed E-state index contributed by atoms with van der Waals surface area (Å²) < 4.78 is 0. The largest absolute Gasteiger partial charge is 0.308 e. The molecule has 2 unspecified atom stereocenters. The summed E-state index contributed by atoms with van der Waals surface area (Å²) in [7, 11) is 0. The normalized spacial score (nSPS) is 29.8. The maximum absolute atomic E-state index is 4.53. The van der Waals surface area contributed by atoms with Crippen LogP contribution in [0.1, 0.15) is 44.4 Å². The van der Waals surface area contributed by atoms with E-state index in [1.165, 1.54) is 43.6 Å². The average molecular weight is 287 g/mol. The number of nitrogens with zero attached hydrogens (tertiary/aromatic N) is 2. The molecule has 3 heteroatoms. The number of piperidine rings is 1. The molecule has 0 amide bonds. The molecule has 1 saturated heterocycles.